The predicted molar refractivity (Wildman–Crippen MR) is 152 cm³/mol. The van der Waals surface area contributed by atoms with Crippen LogP contribution in [0.15, 0.2) is 36.5 Å². The summed E-state index contributed by atoms with van der Waals surface area (Å²) in [4.78, 5) is 37.5. The van der Waals surface area contributed by atoms with Crippen LogP contribution < -0.4 is 9.47 Å². The molecule has 13 nitrogen and oxygen atoms in total. The zero-order valence-corrected chi connectivity index (χ0v) is 24.6. The number of hydrogen-bond donors (Lipinski definition) is 5. The number of pyridine rings is 1. The summed E-state index contributed by atoms with van der Waals surface area (Å²) in [5.74, 6) is -2.81. The Bertz CT molecular complexity index is 1250. The van der Waals surface area contributed by atoms with Crippen LogP contribution in [0.4, 0.5) is 0 Å². The van der Waals surface area contributed by atoms with Gasteiger partial charge in [-0.15, -0.1) is 0 Å². The van der Waals surface area contributed by atoms with Gasteiger partial charge < -0.3 is 39.7 Å². The first kappa shape index (κ1) is 33.7. The number of rotatable bonds is 13. The molecule has 1 aromatic heterocycles. The van der Waals surface area contributed by atoms with Gasteiger partial charge in [0.2, 0.25) is 0 Å². The molecule has 0 radical (unpaired) electrons. The molecule has 0 spiro atoms. The Kier molecular flexibility index (Phi) is 11.4. The molecule has 1 aromatic carbocycles. The van der Waals surface area contributed by atoms with E-state index in [0.29, 0.717) is 19.1 Å². The summed E-state index contributed by atoms with van der Waals surface area (Å²) in [7, 11) is 3.32. The van der Waals surface area contributed by atoms with Gasteiger partial charge in [0, 0.05) is 38.9 Å². The first-order chi connectivity index (χ1) is 20.3. The number of aliphatic carboxylic acids is 3. The minimum Gasteiger partial charge on any atom is -0.493 e. The molecule has 5 N–H and O–H groups in total. The Labute approximate surface area is 249 Å². The maximum Gasteiger partial charge on any atom is 0.336 e. The molecule has 2 heterocycles. The maximum absolute atomic E-state index is 11.5. The summed E-state index contributed by atoms with van der Waals surface area (Å²) in [5.41, 5.74) is -0.431. The van der Waals surface area contributed by atoms with E-state index >= 15 is 0 Å². The van der Waals surface area contributed by atoms with Gasteiger partial charge in [0.1, 0.15) is 12.2 Å². The van der Waals surface area contributed by atoms with Crippen LogP contribution in [0.1, 0.15) is 42.5 Å². The van der Waals surface area contributed by atoms with Crippen molar-refractivity contribution in [2.24, 2.45) is 11.8 Å². The minimum atomic E-state index is -2.74. The lowest BCUT2D eigenvalue weighted by atomic mass is 9.85. The SMILES string of the molecule is COCCOc1ccc(CN2C[C@H]3CC[C@](O)(c4ccc(C)cn4)[C@H]3C2)cc1OC.O=C(O)CC(O)(CC(=O)O)C(=O)O. The zero-order valence-electron chi connectivity index (χ0n) is 24.6. The predicted octanol–water partition coefficient (Wildman–Crippen LogP) is 1.90. The topological polar surface area (TPSA) is 196 Å². The normalized spacial score (nSPS) is 21.4. The van der Waals surface area contributed by atoms with E-state index in [-0.39, 0.29) is 5.92 Å². The standard InChI is InChI=1S/C24H32N2O4.C6H8O7/c1-17-4-7-23(25-13-17)24(27)9-8-19-15-26(16-20(19)24)14-18-5-6-21(22(12-18)29-3)30-11-10-28-2;7-3(8)1-6(13,5(11)12)2-4(9)10/h4-7,12-13,19-20,27H,8-11,14-16H2,1-3H3;13H,1-2H2,(H,7,8)(H,9,10)(H,11,12)/t19-,20+,24-;/m1./s1. The number of benzene rings is 1. The summed E-state index contributed by atoms with van der Waals surface area (Å²) in [6.07, 6.45) is 1.41. The van der Waals surface area contributed by atoms with Gasteiger partial charge >= 0.3 is 17.9 Å². The molecule has 13 heteroatoms. The number of aliphatic hydroxyl groups is 2. The average molecular weight is 605 g/mol. The van der Waals surface area contributed by atoms with E-state index in [2.05, 4.69) is 16.0 Å². The molecule has 1 saturated heterocycles. The van der Waals surface area contributed by atoms with E-state index in [1.54, 1.807) is 14.2 Å². The van der Waals surface area contributed by atoms with E-state index in [4.69, 9.17) is 34.6 Å². The Morgan fingerprint density at radius 1 is 1.02 bits per heavy atom. The van der Waals surface area contributed by atoms with Gasteiger partial charge in [-0.25, -0.2) is 4.79 Å². The Hall–Kier alpha value is -3.78. The van der Waals surface area contributed by atoms with Crippen LogP contribution in [0.5, 0.6) is 11.5 Å². The van der Waals surface area contributed by atoms with Crippen LogP contribution in [0.25, 0.3) is 0 Å². The van der Waals surface area contributed by atoms with Gasteiger partial charge in [-0.1, -0.05) is 12.1 Å². The van der Waals surface area contributed by atoms with Crippen molar-refractivity contribution < 1.29 is 54.1 Å². The van der Waals surface area contributed by atoms with E-state index in [0.717, 1.165) is 55.2 Å². The molecule has 1 aliphatic heterocycles. The summed E-state index contributed by atoms with van der Waals surface area (Å²) in [6, 6.07) is 10.1. The number of carbonyl (C=O) groups is 3. The number of hydrogen-bond acceptors (Lipinski definition) is 10. The van der Waals surface area contributed by atoms with Crippen LogP contribution in [-0.4, -0.2) is 99.4 Å². The van der Waals surface area contributed by atoms with E-state index < -0.39 is 42.0 Å². The molecule has 2 aromatic rings. The molecule has 1 aliphatic carbocycles. The second kappa shape index (κ2) is 14.6. The number of methoxy groups -OCH3 is 2. The third kappa shape index (κ3) is 8.63. The third-order valence-corrected chi connectivity index (χ3v) is 7.85. The van der Waals surface area contributed by atoms with Crippen molar-refractivity contribution in [3.63, 3.8) is 0 Å². The Morgan fingerprint density at radius 3 is 2.28 bits per heavy atom. The number of nitrogens with zero attached hydrogens (tertiary/aromatic N) is 2. The zero-order chi connectivity index (χ0) is 31.8. The van der Waals surface area contributed by atoms with Crippen molar-refractivity contribution >= 4 is 17.9 Å². The lowest BCUT2D eigenvalue weighted by Gasteiger charge is -2.30. The van der Waals surface area contributed by atoms with Gasteiger partial charge in [-0.2, -0.15) is 0 Å². The highest BCUT2D eigenvalue weighted by atomic mass is 16.5. The van der Waals surface area contributed by atoms with Crippen molar-refractivity contribution in [2.45, 2.75) is 50.4 Å². The first-order valence-electron chi connectivity index (χ1n) is 13.9. The van der Waals surface area contributed by atoms with Crippen molar-refractivity contribution in [3.8, 4) is 11.5 Å². The van der Waals surface area contributed by atoms with Gasteiger partial charge in [-0.3, -0.25) is 19.5 Å². The van der Waals surface area contributed by atoms with E-state index in [1.165, 1.54) is 5.56 Å². The molecule has 2 aliphatic rings. The minimum absolute atomic E-state index is 0.228. The molecule has 1 saturated carbocycles. The summed E-state index contributed by atoms with van der Waals surface area (Å²) >= 11 is 0. The quantitative estimate of drug-likeness (QED) is 0.208. The Balaban J connectivity index is 0.000000331. The van der Waals surface area contributed by atoms with Gasteiger partial charge in [0.05, 0.1) is 32.3 Å². The monoisotopic (exact) mass is 604 g/mol. The highest BCUT2D eigenvalue weighted by Gasteiger charge is 2.53. The fourth-order valence-corrected chi connectivity index (χ4v) is 5.69. The van der Waals surface area contributed by atoms with Crippen LogP contribution in [0, 0.1) is 18.8 Å². The summed E-state index contributed by atoms with van der Waals surface area (Å²) < 4.78 is 16.3. The van der Waals surface area contributed by atoms with Gasteiger partial charge in [-0.05, 0) is 55.0 Å². The highest BCUT2D eigenvalue weighted by Crippen LogP contribution is 2.50. The van der Waals surface area contributed by atoms with Crippen molar-refractivity contribution in [1.82, 2.24) is 9.88 Å². The van der Waals surface area contributed by atoms with Crippen molar-refractivity contribution in [1.29, 1.82) is 0 Å². The summed E-state index contributed by atoms with van der Waals surface area (Å²) in [6.45, 7) is 5.78. The van der Waals surface area contributed by atoms with Crippen molar-refractivity contribution in [2.75, 3.05) is 40.5 Å². The second-order valence-corrected chi connectivity index (χ2v) is 11.0. The largest absolute Gasteiger partial charge is 0.493 e. The maximum atomic E-state index is 11.5. The fourth-order valence-electron chi connectivity index (χ4n) is 5.69. The molecule has 0 amide bonds. The first-order valence-corrected chi connectivity index (χ1v) is 13.9. The molecule has 0 bridgehead atoms. The highest BCUT2D eigenvalue weighted by molar-refractivity contribution is 5.88. The number of carboxylic acid groups (broad SMARTS) is 3. The van der Waals surface area contributed by atoms with Gasteiger partial charge in [0.25, 0.3) is 0 Å². The lowest BCUT2D eigenvalue weighted by molar-refractivity contribution is -0.170. The number of aryl methyl sites for hydroxylation is 1. The lowest BCUT2D eigenvalue weighted by Crippen LogP contribution is -2.42. The molecule has 236 valence electrons. The smallest absolute Gasteiger partial charge is 0.336 e. The number of ether oxygens (including phenoxy) is 3. The summed E-state index contributed by atoms with van der Waals surface area (Å²) in [5, 5.41) is 45.3. The third-order valence-electron chi connectivity index (χ3n) is 7.85. The second-order valence-electron chi connectivity index (χ2n) is 11.0. The molecular weight excluding hydrogens is 564 g/mol. The van der Waals surface area contributed by atoms with E-state index in [9.17, 15) is 19.5 Å². The number of likely N-dealkylation sites (tertiary alicyclic amines) is 1. The molecule has 0 unspecified atom stereocenters. The molecule has 43 heavy (non-hydrogen) atoms. The van der Waals surface area contributed by atoms with Gasteiger partial charge in [0.15, 0.2) is 17.1 Å². The Morgan fingerprint density at radius 2 is 1.72 bits per heavy atom. The number of carboxylic acids is 3. The van der Waals surface area contributed by atoms with Crippen LogP contribution >= 0.6 is 0 Å². The van der Waals surface area contributed by atoms with Crippen LogP contribution in [0.2, 0.25) is 0 Å². The molecule has 3 atom stereocenters. The van der Waals surface area contributed by atoms with Crippen molar-refractivity contribution in [3.05, 3.63) is 53.3 Å². The number of fused-ring (bicyclic) bond motifs is 1. The van der Waals surface area contributed by atoms with Crippen LogP contribution in [-0.2, 0) is 31.3 Å². The average Bonchev–Trinajstić information content (AvgIpc) is 3.48. The van der Waals surface area contributed by atoms with E-state index in [1.807, 2.05) is 37.4 Å². The molecule has 2 fully saturated rings. The van der Waals surface area contributed by atoms with Crippen LogP contribution in [0.3, 0.4) is 0 Å². The fraction of sp³-hybridized carbons (Fsp3) is 0.533. The number of aromatic nitrogens is 1. The molecular formula is C30H40N2O11. The molecule has 4 rings (SSSR count).